The zero-order valence-electron chi connectivity index (χ0n) is 9.75. The molecule has 4 heteroatoms. The summed E-state index contributed by atoms with van der Waals surface area (Å²) in [5, 5.41) is 9.02. The molecule has 0 aromatic carbocycles. The number of Topliss-reactive ketones (excluding diaryl/α,β-unsaturated/α-hetero) is 1. The van der Waals surface area contributed by atoms with Crippen LogP contribution in [-0.2, 0) is 9.59 Å². The smallest absolute Gasteiger partial charge is 0.308 e. The second-order valence-electron chi connectivity index (χ2n) is 4.00. The van der Waals surface area contributed by atoms with Crippen molar-refractivity contribution in [2.75, 3.05) is 0 Å². The van der Waals surface area contributed by atoms with Crippen molar-refractivity contribution in [2.24, 2.45) is 11.7 Å². The second kappa shape index (κ2) is 5.85. The molecule has 88 valence electrons. The fourth-order valence-electron chi connectivity index (χ4n) is 1.82. The summed E-state index contributed by atoms with van der Waals surface area (Å²) < 4.78 is 0. The minimum Gasteiger partial charge on any atom is -0.481 e. The molecule has 0 aliphatic carbocycles. The van der Waals surface area contributed by atoms with Crippen molar-refractivity contribution in [3.8, 4) is 0 Å². The molecule has 15 heavy (non-hydrogen) atoms. The van der Waals surface area contributed by atoms with Crippen LogP contribution in [0.4, 0.5) is 0 Å². The van der Waals surface area contributed by atoms with Crippen LogP contribution in [0, 0.1) is 5.92 Å². The van der Waals surface area contributed by atoms with Gasteiger partial charge in [0.1, 0.15) is 5.78 Å². The number of carboxylic acids is 1. The van der Waals surface area contributed by atoms with Gasteiger partial charge in [-0.1, -0.05) is 26.7 Å². The zero-order valence-corrected chi connectivity index (χ0v) is 9.75. The number of carbonyl (C=O) groups excluding carboxylic acids is 1. The fraction of sp³-hybridized carbons (Fsp3) is 0.818. The monoisotopic (exact) mass is 215 g/mol. The van der Waals surface area contributed by atoms with Gasteiger partial charge in [0, 0.05) is 0 Å². The molecule has 0 rings (SSSR count). The normalized spacial score (nSPS) is 16.8. The van der Waals surface area contributed by atoms with Crippen molar-refractivity contribution in [3.63, 3.8) is 0 Å². The summed E-state index contributed by atoms with van der Waals surface area (Å²) in [6.45, 7) is 5.11. The fourth-order valence-corrected chi connectivity index (χ4v) is 1.82. The van der Waals surface area contributed by atoms with Gasteiger partial charge in [-0.05, 0) is 19.8 Å². The molecule has 4 nitrogen and oxygen atoms in total. The lowest BCUT2D eigenvalue weighted by Gasteiger charge is -2.32. The first-order valence-corrected chi connectivity index (χ1v) is 5.42. The summed E-state index contributed by atoms with van der Waals surface area (Å²) >= 11 is 0. The summed E-state index contributed by atoms with van der Waals surface area (Å²) in [4.78, 5) is 22.5. The van der Waals surface area contributed by atoms with Gasteiger partial charge in [0.05, 0.1) is 11.5 Å². The Morgan fingerprint density at radius 1 is 1.40 bits per heavy atom. The van der Waals surface area contributed by atoms with E-state index in [-0.39, 0.29) is 5.78 Å². The molecular weight excluding hydrogens is 194 g/mol. The van der Waals surface area contributed by atoms with E-state index in [1.54, 1.807) is 6.92 Å². The lowest BCUT2D eigenvalue weighted by Crippen LogP contribution is -2.55. The van der Waals surface area contributed by atoms with Crippen LogP contribution in [0.15, 0.2) is 0 Å². The van der Waals surface area contributed by atoms with Crippen LogP contribution in [0.1, 0.15) is 46.5 Å². The van der Waals surface area contributed by atoms with E-state index in [4.69, 9.17) is 10.8 Å². The number of carbonyl (C=O) groups is 2. The number of rotatable bonds is 7. The van der Waals surface area contributed by atoms with Crippen LogP contribution >= 0.6 is 0 Å². The van der Waals surface area contributed by atoms with E-state index < -0.39 is 17.4 Å². The van der Waals surface area contributed by atoms with Crippen LogP contribution in [0.3, 0.4) is 0 Å². The highest BCUT2D eigenvalue weighted by Crippen LogP contribution is 2.25. The Bertz CT molecular complexity index is 240. The van der Waals surface area contributed by atoms with Crippen molar-refractivity contribution in [1.82, 2.24) is 0 Å². The highest BCUT2D eigenvalue weighted by Gasteiger charge is 2.42. The highest BCUT2D eigenvalue weighted by atomic mass is 16.4. The minimum absolute atomic E-state index is 0.231. The molecule has 0 saturated heterocycles. The van der Waals surface area contributed by atoms with Crippen molar-refractivity contribution in [3.05, 3.63) is 0 Å². The average molecular weight is 215 g/mol. The predicted molar refractivity (Wildman–Crippen MR) is 58.5 cm³/mol. The second-order valence-corrected chi connectivity index (χ2v) is 4.00. The maximum absolute atomic E-state index is 11.5. The van der Waals surface area contributed by atoms with Crippen LogP contribution < -0.4 is 5.73 Å². The zero-order chi connectivity index (χ0) is 12.1. The van der Waals surface area contributed by atoms with Gasteiger partial charge in [-0.3, -0.25) is 9.59 Å². The van der Waals surface area contributed by atoms with Crippen LogP contribution in [0.5, 0.6) is 0 Å². The third kappa shape index (κ3) is 3.30. The van der Waals surface area contributed by atoms with Crippen molar-refractivity contribution < 1.29 is 14.7 Å². The van der Waals surface area contributed by atoms with Crippen molar-refractivity contribution in [2.45, 2.75) is 52.0 Å². The maximum atomic E-state index is 11.5. The number of hydrogen-bond acceptors (Lipinski definition) is 3. The Morgan fingerprint density at radius 2 is 1.93 bits per heavy atom. The topological polar surface area (TPSA) is 80.4 Å². The first-order valence-electron chi connectivity index (χ1n) is 5.42. The van der Waals surface area contributed by atoms with Gasteiger partial charge in [-0.15, -0.1) is 0 Å². The quantitative estimate of drug-likeness (QED) is 0.675. The largest absolute Gasteiger partial charge is 0.481 e. The molecule has 0 radical (unpaired) electrons. The third-order valence-corrected chi connectivity index (χ3v) is 2.93. The van der Waals surface area contributed by atoms with E-state index in [0.717, 1.165) is 12.8 Å². The maximum Gasteiger partial charge on any atom is 0.308 e. The van der Waals surface area contributed by atoms with E-state index in [1.165, 1.54) is 6.92 Å². The molecule has 0 aliphatic heterocycles. The molecule has 0 bridgehead atoms. The summed E-state index contributed by atoms with van der Waals surface area (Å²) in [7, 11) is 0. The van der Waals surface area contributed by atoms with Crippen molar-refractivity contribution >= 4 is 11.8 Å². The average Bonchev–Trinajstić information content (AvgIpc) is 2.14. The molecule has 3 N–H and O–H groups in total. The van der Waals surface area contributed by atoms with Crippen molar-refractivity contribution in [1.29, 1.82) is 0 Å². The SMILES string of the molecule is CCCCC(N)(C(C)=O)C(CC)C(=O)O. The predicted octanol–water partition coefficient (Wildman–Crippen LogP) is 1.57. The first kappa shape index (κ1) is 14.1. The number of aliphatic carboxylic acids is 1. The Labute approximate surface area is 90.8 Å². The Kier molecular flexibility index (Phi) is 5.50. The Morgan fingerprint density at radius 3 is 2.20 bits per heavy atom. The molecule has 0 aromatic heterocycles. The molecule has 0 spiro atoms. The summed E-state index contributed by atoms with van der Waals surface area (Å²) in [5.74, 6) is -1.99. The van der Waals surface area contributed by atoms with Crippen LogP contribution in [0.2, 0.25) is 0 Å². The number of unbranched alkanes of at least 4 members (excludes halogenated alkanes) is 1. The lowest BCUT2D eigenvalue weighted by molar-refractivity contribution is -0.147. The molecular formula is C11H21NO3. The number of carboxylic acid groups (broad SMARTS) is 1. The minimum atomic E-state index is -1.20. The van der Waals surface area contributed by atoms with E-state index >= 15 is 0 Å². The number of hydrogen-bond donors (Lipinski definition) is 2. The molecule has 2 unspecified atom stereocenters. The number of ketones is 1. The van der Waals surface area contributed by atoms with Crippen LogP contribution in [-0.4, -0.2) is 22.4 Å². The van der Waals surface area contributed by atoms with Gasteiger partial charge in [-0.25, -0.2) is 0 Å². The molecule has 0 fully saturated rings. The summed E-state index contributed by atoms with van der Waals surface area (Å²) in [6, 6.07) is 0. The summed E-state index contributed by atoms with van der Waals surface area (Å²) in [6.07, 6.45) is 2.51. The molecule has 0 aromatic rings. The van der Waals surface area contributed by atoms with E-state index in [1.807, 2.05) is 6.92 Å². The van der Waals surface area contributed by atoms with Gasteiger partial charge >= 0.3 is 5.97 Å². The van der Waals surface area contributed by atoms with Gasteiger partial charge in [0.2, 0.25) is 0 Å². The van der Waals surface area contributed by atoms with Crippen LogP contribution in [0.25, 0.3) is 0 Å². The first-order chi connectivity index (χ1) is 6.90. The highest BCUT2D eigenvalue weighted by molar-refractivity contribution is 5.91. The Balaban J connectivity index is 4.89. The van der Waals surface area contributed by atoms with Gasteiger partial charge in [0.25, 0.3) is 0 Å². The Hall–Kier alpha value is -0.900. The van der Waals surface area contributed by atoms with Gasteiger partial charge in [-0.2, -0.15) is 0 Å². The van der Waals surface area contributed by atoms with Gasteiger partial charge in [0.15, 0.2) is 0 Å². The molecule has 0 heterocycles. The lowest BCUT2D eigenvalue weighted by atomic mass is 9.76. The molecule has 0 aliphatic rings. The van der Waals surface area contributed by atoms with Gasteiger partial charge < -0.3 is 10.8 Å². The standard InChI is InChI=1S/C11H21NO3/c1-4-6-7-11(12,8(3)13)9(5-2)10(14)15/h9H,4-7,12H2,1-3H3,(H,14,15). The third-order valence-electron chi connectivity index (χ3n) is 2.93. The molecule has 2 atom stereocenters. The van der Waals surface area contributed by atoms with E-state index in [9.17, 15) is 9.59 Å². The molecule has 0 saturated carbocycles. The van der Waals surface area contributed by atoms with E-state index in [0.29, 0.717) is 12.8 Å². The molecule has 0 amide bonds. The number of nitrogens with two attached hydrogens (primary N) is 1. The van der Waals surface area contributed by atoms with E-state index in [2.05, 4.69) is 0 Å². The summed E-state index contributed by atoms with van der Waals surface area (Å²) in [5.41, 5.74) is 4.75.